The SMILES string of the molecule is CC(C)n1nnc2ccc3cnc(Nc4ccc(N5CCS(=O)(=O)CC5)cn4)nc3c21. The number of hydrogen-bond acceptors (Lipinski definition) is 9. The van der Waals surface area contributed by atoms with Crippen molar-refractivity contribution in [3.63, 3.8) is 0 Å². The highest BCUT2D eigenvalue weighted by atomic mass is 32.2. The Labute approximate surface area is 179 Å². The predicted octanol–water partition coefficient (Wildman–Crippen LogP) is 2.33. The molecule has 10 nitrogen and oxygen atoms in total. The summed E-state index contributed by atoms with van der Waals surface area (Å²) in [5.41, 5.74) is 3.34. The van der Waals surface area contributed by atoms with Gasteiger partial charge in [0.1, 0.15) is 22.4 Å². The summed E-state index contributed by atoms with van der Waals surface area (Å²) in [5, 5.41) is 12.6. The number of nitrogens with zero attached hydrogens (tertiary/aromatic N) is 7. The van der Waals surface area contributed by atoms with E-state index in [2.05, 4.69) is 39.4 Å². The van der Waals surface area contributed by atoms with Gasteiger partial charge in [-0.15, -0.1) is 5.10 Å². The lowest BCUT2D eigenvalue weighted by Gasteiger charge is -2.28. The van der Waals surface area contributed by atoms with Gasteiger partial charge in [-0.25, -0.2) is 28.1 Å². The van der Waals surface area contributed by atoms with Crippen molar-refractivity contribution < 1.29 is 8.42 Å². The first-order valence-corrected chi connectivity index (χ1v) is 11.9. The highest BCUT2D eigenvalue weighted by Gasteiger charge is 2.22. The molecule has 0 atom stereocenters. The minimum absolute atomic E-state index is 0.154. The molecule has 0 spiro atoms. The van der Waals surface area contributed by atoms with E-state index in [1.165, 1.54) is 0 Å². The Balaban J connectivity index is 1.41. The average molecular weight is 439 g/mol. The summed E-state index contributed by atoms with van der Waals surface area (Å²) in [6, 6.07) is 7.77. The van der Waals surface area contributed by atoms with Crippen LogP contribution in [-0.2, 0) is 9.84 Å². The molecule has 31 heavy (non-hydrogen) atoms. The summed E-state index contributed by atoms with van der Waals surface area (Å²) in [7, 11) is -2.91. The Morgan fingerprint density at radius 1 is 1.03 bits per heavy atom. The van der Waals surface area contributed by atoms with Crippen LogP contribution in [0.5, 0.6) is 0 Å². The van der Waals surface area contributed by atoms with Crippen molar-refractivity contribution >= 4 is 49.2 Å². The van der Waals surface area contributed by atoms with Crippen LogP contribution in [0.25, 0.3) is 21.9 Å². The van der Waals surface area contributed by atoms with Gasteiger partial charge in [-0.1, -0.05) is 5.21 Å². The van der Waals surface area contributed by atoms with E-state index in [-0.39, 0.29) is 17.5 Å². The lowest BCUT2D eigenvalue weighted by atomic mass is 10.2. The quantitative estimate of drug-likeness (QED) is 0.512. The van der Waals surface area contributed by atoms with E-state index < -0.39 is 9.84 Å². The van der Waals surface area contributed by atoms with Crippen LogP contribution in [0.1, 0.15) is 19.9 Å². The third-order valence-electron chi connectivity index (χ3n) is 5.37. The van der Waals surface area contributed by atoms with Crippen molar-refractivity contribution in [3.05, 3.63) is 36.7 Å². The maximum absolute atomic E-state index is 11.6. The number of aromatic nitrogens is 6. The van der Waals surface area contributed by atoms with Crippen LogP contribution >= 0.6 is 0 Å². The van der Waals surface area contributed by atoms with Gasteiger partial charge in [-0.3, -0.25) is 0 Å². The molecule has 11 heteroatoms. The first-order valence-electron chi connectivity index (χ1n) is 10.1. The molecule has 1 aliphatic heterocycles. The molecule has 0 amide bonds. The maximum Gasteiger partial charge on any atom is 0.228 e. The van der Waals surface area contributed by atoms with Crippen molar-refractivity contribution in [2.45, 2.75) is 19.9 Å². The van der Waals surface area contributed by atoms with Gasteiger partial charge in [0, 0.05) is 30.7 Å². The molecule has 1 aromatic carbocycles. The summed E-state index contributed by atoms with van der Waals surface area (Å²) in [6.45, 7) is 5.07. The van der Waals surface area contributed by atoms with E-state index in [0.29, 0.717) is 24.9 Å². The van der Waals surface area contributed by atoms with Gasteiger partial charge in [-0.2, -0.15) is 0 Å². The number of hydrogen-bond donors (Lipinski definition) is 1. The molecular weight excluding hydrogens is 416 g/mol. The molecule has 0 saturated carbocycles. The van der Waals surface area contributed by atoms with Crippen LogP contribution in [0, 0.1) is 0 Å². The number of anilines is 3. The number of rotatable bonds is 4. The smallest absolute Gasteiger partial charge is 0.228 e. The number of benzene rings is 1. The monoisotopic (exact) mass is 438 g/mol. The fourth-order valence-electron chi connectivity index (χ4n) is 3.67. The van der Waals surface area contributed by atoms with Crippen molar-refractivity contribution in [1.29, 1.82) is 0 Å². The summed E-state index contributed by atoms with van der Waals surface area (Å²) >= 11 is 0. The van der Waals surface area contributed by atoms with E-state index >= 15 is 0 Å². The molecule has 1 N–H and O–H groups in total. The van der Waals surface area contributed by atoms with E-state index in [4.69, 9.17) is 4.98 Å². The maximum atomic E-state index is 11.6. The fourth-order valence-corrected chi connectivity index (χ4v) is 4.87. The normalized spacial score (nSPS) is 16.3. The van der Waals surface area contributed by atoms with Crippen LogP contribution in [-0.4, -0.2) is 63.0 Å². The second-order valence-corrected chi connectivity index (χ2v) is 10.2. The zero-order valence-electron chi connectivity index (χ0n) is 17.2. The van der Waals surface area contributed by atoms with Crippen LogP contribution in [0.4, 0.5) is 17.5 Å². The van der Waals surface area contributed by atoms with Crippen LogP contribution in [0.15, 0.2) is 36.7 Å². The highest BCUT2D eigenvalue weighted by Crippen LogP contribution is 2.26. The third kappa shape index (κ3) is 3.76. The molecule has 3 aromatic heterocycles. The molecule has 1 fully saturated rings. The van der Waals surface area contributed by atoms with Gasteiger partial charge >= 0.3 is 0 Å². The topological polar surface area (TPSA) is 119 Å². The molecule has 0 bridgehead atoms. The van der Waals surface area contributed by atoms with Gasteiger partial charge in [0.05, 0.1) is 23.4 Å². The van der Waals surface area contributed by atoms with Gasteiger partial charge in [0.15, 0.2) is 9.84 Å². The fraction of sp³-hybridized carbons (Fsp3) is 0.350. The number of fused-ring (bicyclic) bond motifs is 3. The summed E-state index contributed by atoms with van der Waals surface area (Å²) in [5.74, 6) is 1.39. The first kappa shape index (κ1) is 19.6. The lowest BCUT2D eigenvalue weighted by molar-refractivity contribution is 0.531. The molecule has 5 rings (SSSR count). The lowest BCUT2D eigenvalue weighted by Crippen LogP contribution is -2.40. The summed E-state index contributed by atoms with van der Waals surface area (Å²) in [6.07, 6.45) is 3.50. The van der Waals surface area contributed by atoms with E-state index in [1.807, 2.05) is 33.8 Å². The molecule has 1 saturated heterocycles. The zero-order chi connectivity index (χ0) is 21.6. The van der Waals surface area contributed by atoms with Gasteiger partial charge in [0.25, 0.3) is 0 Å². The zero-order valence-corrected chi connectivity index (χ0v) is 18.0. The van der Waals surface area contributed by atoms with Gasteiger partial charge in [0.2, 0.25) is 5.95 Å². The van der Waals surface area contributed by atoms with Crippen molar-refractivity contribution in [3.8, 4) is 0 Å². The minimum atomic E-state index is -2.91. The Bertz CT molecular complexity index is 1350. The van der Waals surface area contributed by atoms with Gasteiger partial charge < -0.3 is 10.2 Å². The molecule has 0 radical (unpaired) electrons. The van der Waals surface area contributed by atoms with Crippen LogP contribution in [0.3, 0.4) is 0 Å². The Morgan fingerprint density at radius 2 is 1.84 bits per heavy atom. The predicted molar refractivity (Wildman–Crippen MR) is 119 cm³/mol. The van der Waals surface area contributed by atoms with Crippen LogP contribution in [0.2, 0.25) is 0 Å². The van der Waals surface area contributed by atoms with E-state index in [0.717, 1.165) is 27.6 Å². The molecular formula is C20H22N8O2S. The second kappa shape index (κ2) is 7.41. The standard InChI is InChI=1S/C20H22N8O2S/c1-13(2)28-19-16(25-26-28)5-3-14-11-22-20(24-18(14)19)23-17-6-4-15(12-21-17)27-7-9-31(29,30)10-8-27/h3-6,11-13H,7-10H2,1-2H3,(H,21,22,23,24). The Morgan fingerprint density at radius 3 is 2.55 bits per heavy atom. The largest absolute Gasteiger partial charge is 0.368 e. The van der Waals surface area contributed by atoms with Crippen molar-refractivity contribution in [2.24, 2.45) is 0 Å². The molecule has 4 aromatic rings. The van der Waals surface area contributed by atoms with Crippen molar-refractivity contribution in [1.82, 2.24) is 29.9 Å². The van der Waals surface area contributed by atoms with Crippen molar-refractivity contribution in [2.75, 3.05) is 34.8 Å². The first-order chi connectivity index (χ1) is 14.9. The van der Waals surface area contributed by atoms with Gasteiger partial charge in [-0.05, 0) is 38.1 Å². The van der Waals surface area contributed by atoms with E-state index in [9.17, 15) is 8.42 Å². The number of sulfone groups is 1. The minimum Gasteiger partial charge on any atom is -0.368 e. The average Bonchev–Trinajstić information content (AvgIpc) is 3.20. The Kier molecular flexibility index (Phi) is 4.69. The molecule has 160 valence electrons. The van der Waals surface area contributed by atoms with Crippen LogP contribution < -0.4 is 10.2 Å². The highest BCUT2D eigenvalue weighted by molar-refractivity contribution is 7.91. The summed E-state index contributed by atoms with van der Waals surface area (Å²) < 4.78 is 25.1. The molecule has 4 heterocycles. The Hall–Kier alpha value is -3.34. The van der Waals surface area contributed by atoms with E-state index in [1.54, 1.807) is 12.4 Å². The molecule has 0 aliphatic carbocycles. The number of nitrogens with one attached hydrogen (secondary N) is 1. The second-order valence-electron chi connectivity index (χ2n) is 7.86. The molecule has 0 unspecified atom stereocenters. The summed E-state index contributed by atoms with van der Waals surface area (Å²) in [4.78, 5) is 15.6. The third-order valence-corrected chi connectivity index (χ3v) is 6.98. The molecule has 1 aliphatic rings. The number of pyridine rings is 1.